The van der Waals surface area contributed by atoms with Crippen LogP contribution in [-0.4, -0.2) is 26.0 Å². The SMILES string of the molecule is COc1ccccc1C(=O)Nc1cccc(C(=O)N(C)c2ccccc2)c1. The maximum atomic E-state index is 12.7. The second-order valence-electron chi connectivity index (χ2n) is 5.93. The van der Waals surface area contributed by atoms with Crippen LogP contribution in [0.5, 0.6) is 5.75 Å². The fourth-order valence-electron chi connectivity index (χ4n) is 2.72. The van der Waals surface area contributed by atoms with Crippen molar-refractivity contribution in [3.8, 4) is 5.75 Å². The number of carbonyl (C=O) groups excluding carboxylic acids is 2. The Morgan fingerprint density at radius 1 is 0.889 bits per heavy atom. The zero-order chi connectivity index (χ0) is 19.2. The first-order valence-electron chi connectivity index (χ1n) is 8.47. The Bertz CT molecular complexity index is 955. The van der Waals surface area contributed by atoms with Crippen molar-refractivity contribution < 1.29 is 14.3 Å². The molecule has 0 saturated carbocycles. The van der Waals surface area contributed by atoms with E-state index in [0.717, 1.165) is 5.69 Å². The smallest absolute Gasteiger partial charge is 0.259 e. The van der Waals surface area contributed by atoms with Crippen LogP contribution in [0.3, 0.4) is 0 Å². The summed E-state index contributed by atoms with van der Waals surface area (Å²) in [6.07, 6.45) is 0. The van der Waals surface area contributed by atoms with E-state index in [2.05, 4.69) is 5.32 Å². The summed E-state index contributed by atoms with van der Waals surface area (Å²) in [5.74, 6) is 0.0362. The van der Waals surface area contributed by atoms with E-state index >= 15 is 0 Å². The van der Waals surface area contributed by atoms with Crippen LogP contribution in [0.1, 0.15) is 20.7 Å². The van der Waals surface area contributed by atoms with Gasteiger partial charge in [0.05, 0.1) is 12.7 Å². The molecule has 0 unspecified atom stereocenters. The number of rotatable bonds is 5. The van der Waals surface area contributed by atoms with Gasteiger partial charge in [-0.15, -0.1) is 0 Å². The monoisotopic (exact) mass is 360 g/mol. The van der Waals surface area contributed by atoms with E-state index in [4.69, 9.17) is 4.74 Å². The Morgan fingerprint density at radius 2 is 1.59 bits per heavy atom. The molecule has 1 N–H and O–H groups in total. The number of carbonyl (C=O) groups is 2. The molecule has 0 aromatic heterocycles. The number of para-hydroxylation sites is 2. The van der Waals surface area contributed by atoms with Crippen LogP contribution in [-0.2, 0) is 0 Å². The minimum Gasteiger partial charge on any atom is -0.496 e. The van der Waals surface area contributed by atoms with Crippen molar-refractivity contribution in [1.82, 2.24) is 0 Å². The highest BCUT2D eigenvalue weighted by Gasteiger charge is 2.15. The van der Waals surface area contributed by atoms with Gasteiger partial charge < -0.3 is 15.0 Å². The van der Waals surface area contributed by atoms with Crippen molar-refractivity contribution in [3.63, 3.8) is 0 Å². The van der Waals surface area contributed by atoms with Crippen molar-refractivity contribution in [2.45, 2.75) is 0 Å². The molecule has 5 nitrogen and oxygen atoms in total. The first-order chi connectivity index (χ1) is 13.1. The van der Waals surface area contributed by atoms with Gasteiger partial charge in [-0.2, -0.15) is 0 Å². The fourth-order valence-corrected chi connectivity index (χ4v) is 2.72. The van der Waals surface area contributed by atoms with Gasteiger partial charge in [0.15, 0.2) is 0 Å². The number of methoxy groups -OCH3 is 1. The van der Waals surface area contributed by atoms with E-state index in [9.17, 15) is 9.59 Å². The molecule has 0 spiro atoms. The maximum absolute atomic E-state index is 12.7. The van der Waals surface area contributed by atoms with E-state index in [-0.39, 0.29) is 11.8 Å². The largest absolute Gasteiger partial charge is 0.496 e. The van der Waals surface area contributed by atoms with E-state index in [1.165, 1.54) is 7.11 Å². The number of hydrogen-bond donors (Lipinski definition) is 1. The Hall–Kier alpha value is -3.60. The Balaban J connectivity index is 1.79. The van der Waals surface area contributed by atoms with Gasteiger partial charge >= 0.3 is 0 Å². The minimum atomic E-state index is -0.298. The summed E-state index contributed by atoms with van der Waals surface area (Å²) >= 11 is 0. The van der Waals surface area contributed by atoms with E-state index < -0.39 is 0 Å². The van der Waals surface area contributed by atoms with Gasteiger partial charge in [0.1, 0.15) is 5.75 Å². The Kier molecular flexibility index (Phi) is 5.52. The van der Waals surface area contributed by atoms with Crippen LogP contribution in [0.15, 0.2) is 78.9 Å². The normalized spacial score (nSPS) is 10.1. The van der Waals surface area contributed by atoms with E-state index in [1.54, 1.807) is 60.5 Å². The minimum absolute atomic E-state index is 0.158. The molecule has 0 aliphatic carbocycles. The molecule has 0 saturated heterocycles. The molecule has 0 aliphatic heterocycles. The number of benzene rings is 3. The van der Waals surface area contributed by atoms with Crippen molar-refractivity contribution in [3.05, 3.63) is 90.0 Å². The molecule has 2 amide bonds. The Morgan fingerprint density at radius 3 is 2.33 bits per heavy atom. The highest BCUT2D eigenvalue weighted by molar-refractivity contribution is 6.09. The van der Waals surface area contributed by atoms with Gasteiger partial charge in [-0.3, -0.25) is 9.59 Å². The third kappa shape index (κ3) is 4.15. The molecule has 0 radical (unpaired) electrons. The number of nitrogens with one attached hydrogen (secondary N) is 1. The lowest BCUT2D eigenvalue weighted by molar-refractivity contribution is 0.0989. The summed E-state index contributed by atoms with van der Waals surface area (Å²) in [4.78, 5) is 26.9. The first-order valence-corrected chi connectivity index (χ1v) is 8.47. The van der Waals surface area contributed by atoms with E-state index in [0.29, 0.717) is 22.6 Å². The van der Waals surface area contributed by atoms with Gasteiger partial charge in [0.2, 0.25) is 0 Å². The molecular weight excluding hydrogens is 340 g/mol. The summed E-state index contributed by atoms with van der Waals surface area (Å²) < 4.78 is 5.22. The van der Waals surface area contributed by atoms with Crippen LogP contribution in [0, 0.1) is 0 Å². The predicted octanol–water partition coefficient (Wildman–Crippen LogP) is 4.22. The number of anilines is 2. The molecule has 136 valence electrons. The van der Waals surface area contributed by atoms with Gasteiger partial charge in [-0.1, -0.05) is 36.4 Å². The summed E-state index contributed by atoms with van der Waals surface area (Å²) in [5.41, 5.74) is 2.25. The molecule has 3 rings (SSSR count). The second kappa shape index (κ2) is 8.19. The number of hydrogen-bond acceptors (Lipinski definition) is 3. The third-order valence-electron chi connectivity index (χ3n) is 4.17. The lowest BCUT2D eigenvalue weighted by Gasteiger charge is -2.18. The summed E-state index contributed by atoms with van der Waals surface area (Å²) in [7, 11) is 3.24. The molecule has 27 heavy (non-hydrogen) atoms. The number of nitrogens with zero attached hydrogens (tertiary/aromatic N) is 1. The molecule has 0 heterocycles. The quantitative estimate of drug-likeness (QED) is 0.741. The van der Waals surface area contributed by atoms with Gasteiger partial charge in [-0.05, 0) is 42.5 Å². The van der Waals surface area contributed by atoms with Crippen LogP contribution < -0.4 is 15.0 Å². The van der Waals surface area contributed by atoms with Crippen LogP contribution in [0.2, 0.25) is 0 Å². The molecule has 0 aliphatic rings. The number of ether oxygens (including phenoxy) is 1. The van der Waals surface area contributed by atoms with Crippen molar-refractivity contribution in [2.24, 2.45) is 0 Å². The van der Waals surface area contributed by atoms with Crippen molar-refractivity contribution in [2.75, 3.05) is 24.4 Å². The number of amides is 2. The topological polar surface area (TPSA) is 58.6 Å². The predicted molar refractivity (Wildman–Crippen MR) is 107 cm³/mol. The maximum Gasteiger partial charge on any atom is 0.259 e. The van der Waals surface area contributed by atoms with E-state index in [1.807, 2.05) is 30.3 Å². The lowest BCUT2D eigenvalue weighted by Crippen LogP contribution is -2.26. The third-order valence-corrected chi connectivity index (χ3v) is 4.17. The lowest BCUT2D eigenvalue weighted by atomic mass is 10.1. The average Bonchev–Trinajstić information content (AvgIpc) is 2.73. The molecule has 3 aromatic carbocycles. The zero-order valence-corrected chi connectivity index (χ0v) is 15.2. The van der Waals surface area contributed by atoms with Crippen LogP contribution in [0.25, 0.3) is 0 Å². The fraction of sp³-hybridized carbons (Fsp3) is 0.0909. The zero-order valence-electron chi connectivity index (χ0n) is 15.2. The molecule has 3 aromatic rings. The standard InChI is InChI=1S/C22H20N2O3/c1-24(18-11-4-3-5-12-18)22(26)16-9-8-10-17(15-16)23-21(25)19-13-6-7-14-20(19)27-2/h3-15H,1-2H3,(H,23,25). The highest BCUT2D eigenvalue weighted by atomic mass is 16.5. The van der Waals surface area contributed by atoms with Crippen molar-refractivity contribution in [1.29, 1.82) is 0 Å². The molecule has 0 fully saturated rings. The molecule has 0 bridgehead atoms. The first kappa shape index (κ1) is 18.2. The van der Waals surface area contributed by atoms with Gasteiger partial charge in [0.25, 0.3) is 11.8 Å². The molecular formula is C22H20N2O3. The van der Waals surface area contributed by atoms with Gasteiger partial charge in [-0.25, -0.2) is 0 Å². The Labute approximate surface area is 158 Å². The van der Waals surface area contributed by atoms with Gasteiger partial charge in [0, 0.05) is 24.0 Å². The summed E-state index contributed by atoms with van der Waals surface area (Å²) in [6.45, 7) is 0. The average molecular weight is 360 g/mol. The van der Waals surface area contributed by atoms with Crippen molar-refractivity contribution >= 4 is 23.2 Å². The second-order valence-corrected chi connectivity index (χ2v) is 5.93. The highest BCUT2D eigenvalue weighted by Crippen LogP contribution is 2.21. The molecule has 0 atom stereocenters. The summed E-state index contributed by atoms with van der Waals surface area (Å²) in [6, 6.07) is 23.2. The van der Waals surface area contributed by atoms with Crippen LogP contribution in [0.4, 0.5) is 11.4 Å². The molecule has 5 heteroatoms. The van der Waals surface area contributed by atoms with Crippen LogP contribution >= 0.6 is 0 Å². The summed E-state index contributed by atoms with van der Waals surface area (Å²) in [5, 5.41) is 2.82.